The molecular weight excluding hydrogens is 282 g/mol. The Morgan fingerprint density at radius 1 is 1.29 bits per heavy atom. The quantitative estimate of drug-likeness (QED) is 0.838. The zero-order valence-electron chi connectivity index (χ0n) is 12.7. The Labute approximate surface area is 129 Å². The summed E-state index contributed by atoms with van der Waals surface area (Å²) in [5.74, 6) is 0.199. The molecule has 1 aliphatic carbocycles. The Hall–Kier alpha value is -1.26. The van der Waals surface area contributed by atoms with Gasteiger partial charge in [-0.2, -0.15) is 0 Å². The molecule has 2 rings (SSSR count). The van der Waals surface area contributed by atoms with Gasteiger partial charge in [-0.15, -0.1) is 0 Å². The number of rotatable bonds is 7. The molecule has 1 N–H and O–H groups in total. The van der Waals surface area contributed by atoms with Gasteiger partial charge in [-0.25, -0.2) is 8.93 Å². The second-order valence-electron chi connectivity index (χ2n) is 5.52. The number of aryl methyl sites for hydroxylation is 1. The van der Waals surface area contributed by atoms with E-state index in [0.717, 1.165) is 41.7 Å². The molecule has 1 aliphatic rings. The van der Waals surface area contributed by atoms with Gasteiger partial charge in [0, 0.05) is 18.0 Å². The SMILES string of the molecule is CCCC[C@H](N[S@@](=O)c1ccc(C)cc1)C1=CCCC1=O. The standard InChI is InChI=1S/C17H23NO2S/c1-3-4-7-16(15-6-5-8-17(15)19)18-21(20)14-11-9-13(2)10-12-14/h6,9-12,16,18H,3-5,7-8H2,1-2H3/t16-,21-/m0/s1. The fourth-order valence-corrected chi connectivity index (χ4v) is 3.52. The molecule has 0 spiro atoms. The summed E-state index contributed by atoms with van der Waals surface area (Å²) in [6.45, 7) is 4.13. The zero-order chi connectivity index (χ0) is 15.2. The van der Waals surface area contributed by atoms with E-state index in [0.29, 0.717) is 6.42 Å². The van der Waals surface area contributed by atoms with Gasteiger partial charge in [0.2, 0.25) is 0 Å². The molecule has 0 radical (unpaired) electrons. The van der Waals surface area contributed by atoms with E-state index in [4.69, 9.17) is 0 Å². The Kier molecular flexibility index (Phi) is 5.88. The lowest BCUT2D eigenvalue weighted by molar-refractivity contribution is -0.115. The molecule has 0 aromatic heterocycles. The van der Waals surface area contributed by atoms with E-state index in [1.165, 1.54) is 0 Å². The Morgan fingerprint density at radius 2 is 2.00 bits per heavy atom. The van der Waals surface area contributed by atoms with E-state index in [1.54, 1.807) is 0 Å². The Balaban J connectivity index is 2.09. The molecule has 0 bridgehead atoms. The van der Waals surface area contributed by atoms with Crippen molar-refractivity contribution in [3.63, 3.8) is 0 Å². The van der Waals surface area contributed by atoms with Gasteiger partial charge >= 0.3 is 0 Å². The number of hydrogen-bond donors (Lipinski definition) is 1. The van der Waals surface area contributed by atoms with Crippen LogP contribution < -0.4 is 4.72 Å². The first-order valence-electron chi connectivity index (χ1n) is 7.59. The van der Waals surface area contributed by atoms with Gasteiger partial charge < -0.3 is 0 Å². The minimum atomic E-state index is -1.28. The van der Waals surface area contributed by atoms with Crippen LogP contribution in [0.2, 0.25) is 0 Å². The van der Waals surface area contributed by atoms with E-state index in [9.17, 15) is 9.00 Å². The average molecular weight is 305 g/mol. The highest BCUT2D eigenvalue weighted by atomic mass is 32.2. The summed E-state index contributed by atoms with van der Waals surface area (Å²) in [5, 5.41) is 0. The zero-order valence-corrected chi connectivity index (χ0v) is 13.5. The Bertz CT molecular complexity index is 548. The molecule has 0 fully saturated rings. The molecule has 2 atom stereocenters. The summed E-state index contributed by atoms with van der Waals surface area (Å²) in [5.41, 5.74) is 1.97. The summed E-state index contributed by atoms with van der Waals surface area (Å²) >= 11 is 0. The number of hydrogen-bond acceptors (Lipinski definition) is 2. The molecular formula is C17H23NO2S. The van der Waals surface area contributed by atoms with Crippen molar-refractivity contribution in [3.8, 4) is 0 Å². The predicted octanol–water partition coefficient (Wildman–Crippen LogP) is 3.46. The molecule has 0 saturated heterocycles. The summed E-state index contributed by atoms with van der Waals surface area (Å²) in [6.07, 6.45) is 6.35. The van der Waals surface area contributed by atoms with Gasteiger partial charge in [0.1, 0.15) is 11.0 Å². The van der Waals surface area contributed by atoms with Gasteiger partial charge in [0.25, 0.3) is 0 Å². The predicted molar refractivity (Wildman–Crippen MR) is 86.4 cm³/mol. The molecule has 0 saturated carbocycles. The van der Waals surface area contributed by atoms with E-state index in [-0.39, 0.29) is 11.8 Å². The number of benzene rings is 1. The van der Waals surface area contributed by atoms with Crippen molar-refractivity contribution in [3.05, 3.63) is 41.5 Å². The van der Waals surface area contributed by atoms with Crippen molar-refractivity contribution in [2.45, 2.75) is 56.9 Å². The number of ketones is 1. The van der Waals surface area contributed by atoms with Crippen LogP contribution in [0.4, 0.5) is 0 Å². The maximum absolute atomic E-state index is 12.5. The first-order chi connectivity index (χ1) is 10.1. The lowest BCUT2D eigenvalue weighted by Crippen LogP contribution is -2.34. The highest BCUT2D eigenvalue weighted by Gasteiger charge is 2.25. The summed E-state index contributed by atoms with van der Waals surface area (Å²) in [4.78, 5) is 12.7. The number of nitrogens with one attached hydrogen (secondary N) is 1. The van der Waals surface area contributed by atoms with Crippen LogP contribution in [0.15, 0.2) is 40.8 Å². The van der Waals surface area contributed by atoms with Crippen molar-refractivity contribution in [2.75, 3.05) is 0 Å². The van der Waals surface area contributed by atoms with Crippen LogP contribution in [0.1, 0.15) is 44.6 Å². The lowest BCUT2D eigenvalue weighted by atomic mass is 10.0. The number of Topliss-reactive ketones (excluding diaryl/α,β-unsaturated/α-hetero) is 1. The normalized spacial score (nSPS) is 17.6. The number of unbranched alkanes of at least 4 members (excludes halogenated alkanes) is 1. The van der Waals surface area contributed by atoms with Crippen LogP contribution in [0, 0.1) is 6.92 Å². The maximum atomic E-state index is 12.5. The molecule has 1 aromatic carbocycles. The number of carbonyl (C=O) groups excluding carboxylic acids is 1. The van der Waals surface area contributed by atoms with Crippen molar-refractivity contribution < 1.29 is 9.00 Å². The monoisotopic (exact) mass is 305 g/mol. The summed E-state index contributed by atoms with van der Waals surface area (Å²) in [7, 11) is -1.28. The van der Waals surface area contributed by atoms with Crippen molar-refractivity contribution in [2.24, 2.45) is 0 Å². The minimum Gasteiger partial charge on any atom is -0.294 e. The lowest BCUT2D eigenvalue weighted by Gasteiger charge is -2.18. The van der Waals surface area contributed by atoms with Crippen molar-refractivity contribution in [1.82, 2.24) is 4.72 Å². The van der Waals surface area contributed by atoms with Crippen LogP contribution in [-0.2, 0) is 15.8 Å². The molecule has 21 heavy (non-hydrogen) atoms. The molecule has 114 valence electrons. The van der Waals surface area contributed by atoms with E-state index >= 15 is 0 Å². The maximum Gasteiger partial charge on any atom is 0.160 e. The van der Waals surface area contributed by atoms with Gasteiger partial charge in [-0.05, 0) is 31.9 Å². The third-order valence-corrected chi connectivity index (χ3v) is 4.96. The van der Waals surface area contributed by atoms with Gasteiger partial charge in [0.05, 0.1) is 4.90 Å². The number of carbonyl (C=O) groups is 1. The van der Waals surface area contributed by atoms with Crippen LogP contribution in [0.5, 0.6) is 0 Å². The van der Waals surface area contributed by atoms with Gasteiger partial charge in [-0.3, -0.25) is 4.79 Å². The highest BCUT2D eigenvalue weighted by molar-refractivity contribution is 7.83. The first kappa shape index (κ1) is 16.1. The molecule has 0 heterocycles. The molecule has 4 heteroatoms. The topological polar surface area (TPSA) is 46.2 Å². The largest absolute Gasteiger partial charge is 0.294 e. The fourth-order valence-electron chi connectivity index (χ4n) is 2.50. The van der Waals surface area contributed by atoms with Gasteiger partial charge in [0.15, 0.2) is 5.78 Å². The minimum absolute atomic E-state index is 0.0953. The van der Waals surface area contributed by atoms with Crippen LogP contribution in [0.25, 0.3) is 0 Å². The first-order valence-corrected chi connectivity index (χ1v) is 8.74. The molecule has 3 nitrogen and oxygen atoms in total. The number of allylic oxidation sites excluding steroid dienone is 1. The smallest absolute Gasteiger partial charge is 0.160 e. The van der Waals surface area contributed by atoms with Crippen LogP contribution >= 0.6 is 0 Å². The summed E-state index contributed by atoms with van der Waals surface area (Å²) in [6, 6.07) is 7.56. The van der Waals surface area contributed by atoms with Crippen LogP contribution in [0.3, 0.4) is 0 Å². The highest BCUT2D eigenvalue weighted by Crippen LogP contribution is 2.22. The molecule has 0 amide bonds. The Morgan fingerprint density at radius 3 is 2.57 bits per heavy atom. The van der Waals surface area contributed by atoms with Gasteiger partial charge in [-0.1, -0.05) is 43.5 Å². The molecule has 1 aromatic rings. The van der Waals surface area contributed by atoms with E-state index in [1.807, 2.05) is 37.3 Å². The second kappa shape index (κ2) is 7.66. The summed E-state index contributed by atoms with van der Waals surface area (Å²) < 4.78 is 15.6. The van der Waals surface area contributed by atoms with Crippen molar-refractivity contribution in [1.29, 1.82) is 0 Å². The fraction of sp³-hybridized carbons (Fsp3) is 0.471. The van der Waals surface area contributed by atoms with E-state index < -0.39 is 11.0 Å². The van der Waals surface area contributed by atoms with Crippen LogP contribution in [-0.4, -0.2) is 16.0 Å². The van der Waals surface area contributed by atoms with Crippen molar-refractivity contribution >= 4 is 16.8 Å². The molecule has 0 unspecified atom stereocenters. The second-order valence-corrected chi connectivity index (χ2v) is 6.76. The van der Waals surface area contributed by atoms with E-state index in [2.05, 4.69) is 11.6 Å². The third kappa shape index (κ3) is 4.35. The average Bonchev–Trinajstić information content (AvgIpc) is 2.90. The molecule has 0 aliphatic heterocycles. The third-order valence-electron chi connectivity index (χ3n) is 3.76.